The first-order chi connectivity index (χ1) is 9.04. The molecule has 0 aromatic heterocycles. The zero-order valence-corrected chi connectivity index (χ0v) is 14.2. The molecule has 0 aliphatic heterocycles. The van der Waals surface area contributed by atoms with Gasteiger partial charge in [-0.25, -0.2) is 0 Å². The minimum absolute atomic E-state index is 0.646. The molecule has 0 amide bonds. The van der Waals surface area contributed by atoms with Gasteiger partial charge in [0.05, 0.1) is 0 Å². The van der Waals surface area contributed by atoms with Gasteiger partial charge in [0.25, 0.3) is 0 Å². The van der Waals surface area contributed by atoms with Crippen molar-refractivity contribution in [3.8, 4) is 0 Å². The summed E-state index contributed by atoms with van der Waals surface area (Å²) < 4.78 is 0. The van der Waals surface area contributed by atoms with E-state index in [1.165, 1.54) is 37.9 Å². The first-order valence-corrected chi connectivity index (χ1v) is 9.21. The lowest BCUT2D eigenvalue weighted by Gasteiger charge is -2.29. The monoisotopic (exact) mass is 283 g/mol. The van der Waals surface area contributed by atoms with Gasteiger partial charge in [0, 0.05) is 6.04 Å². The summed E-state index contributed by atoms with van der Waals surface area (Å²) in [7, 11) is 2.12. The van der Waals surface area contributed by atoms with Crippen LogP contribution in [0.2, 0.25) is 0 Å². The number of hydrogen-bond acceptors (Lipinski definition) is 2. The summed E-state index contributed by atoms with van der Waals surface area (Å²) in [6.07, 6.45) is 12.5. The molecule has 1 fully saturated rings. The molecular formula is C17H33NS. The van der Waals surface area contributed by atoms with Gasteiger partial charge in [-0.3, -0.25) is 0 Å². The maximum atomic E-state index is 3.88. The van der Waals surface area contributed by atoms with E-state index < -0.39 is 0 Å². The van der Waals surface area contributed by atoms with E-state index in [0.717, 1.165) is 12.3 Å². The summed E-state index contributed by atoms with van der Waals surface area (Å²) in [5.41, 5.74) is 0.684. The fourth-order valence-corrected chi connectivity index (χ4v) is 3.69. The van der Waals surface area contributed by atoms with Crippen molar-refractivity contribution in [2.24, 2.45) is 17.3 Å². The molecule has 0 saturated heterocycles. The molecule has 0 heterocycles. The van der Waals surface area contributed by atoms with E-state index in [4.69, 9.17) is 0 Å². The first-order valence-electron chi connectivity index (χ1n) is 7.81. The van der Waals surface area contributed by atoms with Crippen LogP contribution in [0.1, 0.15) is 52.4 Å². The Morgan fingerprint density at radius 2 is 2.11 bits per heavy atom. The second-order valence-corrected chi connectivity index (χ2v) is 7.78. The third-order valence-corrected chi connectivity index (χ3v) is 5.44. The molecule has 2 heteroatoms. The second kappa shape index (κ2) is 8.36. The summed E-state index contributed by atoms with van der Waals surface area (Å²) in [6, 6.07) is 0.646. The predicted molar refractivity (Wildman–Crippen MR) is 89.9 cm³/mol. The molecule has 1 nitrogen and oxygen atoms in total. The first kappa shape index (κ1) is 17.1. The normalized spacial score (nSPS) is 21.7. The molecule has 19 heavy (non-hydrogen) atoms. The van der Waals surface area contributed by atoms with Crippen LogP contribution in [0.4, 0.5) is 0 Å². The third kappa shape index (κ3) is 6.35. The Morgan fingerprint density at radius 1 is 1.42 bits per heavy atom. The molecule has 1 aliphatic carbocycles. The van der Waals surface area contributed by atoms with Crippen LogP contribution in [0.15, 0.2) is 12.7 Å². The van der Waals surface area contributed by atoms with Gasteiger partial charge in [0.15, 0.2) is 0 Å². The van der Waals surface area contributed by atoms with Crippen LogP contribution in [0, 0.1) is 17.3 Å². The van der Waals surface area contributed by atoms with E-state index in [2.05, 4.69) is 45.1 Å². The van der Waals surface area contributed by atoms with Gasteiger partial charge in [-0.1, -0.05) is 19.9 Å². The average Bonchev–Trinajstić information content (AvgIpc) is 3.10. The largest absolute Gasteiger partial charge is 0.317 e. The number of hydrogen-bond donors (Lipinski definition) is 1. The molecule has 3 atom stereocenters. The molecule has 0 bridgehead atoms. The lowest BCUT2D eigenvalue weighted by atomic mass is 9.83. The Kier molecular flexibility index (Phi) is 7.53. The topological polar surface area (TPSA) is 12.0 Å². The van der Waals surface area contributed by atoms with Crippen LogP contribution < -0.4 is 5.32 Å². The molecule has 0 aromatic carbocycles. The number of allylic oxidation sites excluding steroid dienone is 1. The van der Waals surface area contributed by atoms with Crippen LogP contribution in [0.3, 0.4) is 0 Å². The molecule has 1 aliphatic rings. The van der Waals surface area contributed by atoms with Gasteiger partial charge in [0.2, 0.25) is 0 Å². The molecule has 1 saturated carbocycles. The van der Waals surface area contributed by atoms with E-state index >= 15 is 0 Å². The van der Waals surface area contributed by atoms with E-state index in [9.17, 15) is 0 Å². The van der Waals surface area contributed by atoms with Crippen molar-refractivity contribution in [2.75, 3.05) is 19.1 Å². The Hall–Kier alpha value is 0.0500. The van der Waals surface area contributed by atoms with Crippen LogP contribution in [-0.4, -0.2) is 25.1 Å². The summed E-state index contributed by atoms with van der Waals surface area (Å²) in [5.74, 6) is 2.91. The molecule has 1 N–H and O–H groups in total. The van der Waals surface area contributed by atoms with E-state index in [0.29, 0.717) is 17.4 Å². The Labute approximate surface area is 125 Å². The van der Waals surface area contributed by atoms with Crippen LogP contribution in [0.5, 0.6) is 0 Å². The SMILES string of the molecule is C=CCC(C)C(CC(CCSC)CC1(C)CC1)NC. The zero-order valence-electron chi connectivity index (χ0n) is 13.4. The van der Waals surface area contributed by atoms with Gasteiger partial charge in [-0.05, 0) is 74.8 Å². The summed E-state index contributed by atoms with van der Waals surface area (Å²) in [6.45, 7) is 8.71. The smallest absolute Gasteiger partial charge is 0.00952 e. The average molecular weight is 284 g/mol. The highest BCUT2D eigenvalue weighted by molar-refractivity contribution is 7.98. The van der Waals surface area contributed by atoms with Crippen LogP contribution >= 0.6 is 11.8 Å². The van der Waals surface area contributed by atoms with Crippen molar-refractivity contribution in [1.82, 2.24) is 5.32 Å². The highest BCUT2D eigenvalue weighted by atomic mass is 32.2. The van der Waals surface area contributed by atoms with Crippen molar-refractivity contribution in [3.05, 3.63) is 12.7 Å². The Balaban J connectivity index is 2.49. The fraction of sp³-hybridized carbons (Fsp3) is 0.882. The van der Waals surface area contributed by atoms with Gasteiger partial charge >= 0.3 is 0 Å². The van der Waals surface area contributed by atoms with E-state index in [1.807, 2.05) is 11.8 Å². The summed E-state index contributed by atoms with van der Waals surface area (Å²) in [5, 5.41) is 3.55. The van der Waals surface area contributed by atoms with E-state index in [-0.39, 0.29) is 0 Å². The lowest BCUT2D eigenvalue weighted by Crippen LogP contribution is -2.34. The van der Waals surface area contributed by atoms with Gasteiger partial charge in [-0.15, -0.1) is 6.58 Å². The maximum absolute atomic E-state index is 3.88. The van der Waals surface area contributed by atoms with Crippen LogP contribution in [0.25, 0.3) is 0 Å². The quantitative estimate of drug-likeness (QED) is 0.550. The van der Waals surface area contributed by atoms with Gasteiger partial charge < -0.3 is 5.32 Å². The number of rotatable bonds is 11. The minimum atomic E-state index is 0.646. The molecule has 0 spiro atoms. The molecule has 1 rings (SSSR count). The Morgan fingerprint density at radius 3 is 2.58 bits per heavy atom. The predicted octanol–water partition coefficient (Wildman–Crippen LogP) is 4.74. The van der Waals surface area contributed by atoms with E-state index in [1.54, 1.807) is 0 Å². The summed E-state index contributed by atoms with van der Waals surface area (Å²) >= 11 is 1.99. The van der Waals surface area contributed by atoms with Crippen molar-refractivity contribution in [1.29, 1.82) is 0 Å². The number of thioether (sulfide) groups is 1. The molecule has 112 valence electrons. The molecule has 0 radical (unpaired) electrons. The summed E-state index contributed by atoms with van der Waals surface area (Å²) in [4.78, 5) is 0. The van der Waals surface area contributed by atoms with Crippen molar-refractivity contribution in [2.45, 2.75) is 58.4 Å². The van der Waals surface area contributed by atoms with Crippen LogP contribution in [-0.2, 0) is 0 Å². The van der Waals surface area contributed by atoms with Crippen molar-refractivity contribution >= 4 is 11.8 Å². The second-order valence-electron chi connectivity index (χ2n) is 6.79. The third-order valence-electron chi connectivity index (χ3n) is 4.80. The molecule has 3 unspecified atom stereocenters. The minimum Gasteiger partial charge on any atom is -0.317 e. The highest BCUT2D eigenvalue weighted by Gasteiger charge is 2.39. The lowest BCUT2D eigenvalue weighted by molar-refractivity contribution is 0.273. The molecule has 0 aromatic rings. The van der Waals surface area contributed by atoms with Gasteiger partial charge in [0.1, 0.15) is 0 Å². The zero-order chi connectivity index (χ0) is 14.3. The standard InChI is InChI=1S/C17H33NS/c1-6-7-14(2)16(18-4)12-15(8-11-19-5)13-17(3)9-10-17/h6,14-16,18H,1,7-13H2,2-5H3. The van der Waals surface area contributed by atoms with Crippen molar-refractivity contribution in [3.63, 3.8) is 0 Å². The van der Waals surface area contributed by atoms with Crippen molar-refractivity contribution < 1.29 is 0 Å². The molecular weight excluding hydrogens is 250 g/mol. The number of nitrogens with one attached hydrogen (secondary N) is 1. The maximum Gasteiger partial charge on any atom is 0.00952 e. The Bertz CT molecular complexity index is 260. The highest BCUT2D eigenvalue weighted by Crippen LogP contribution is 2.51. The fourth-order valence-electron chi connectivity index (χ4n) is 3.12. The van der Waals surface area contributed by atoms with Gasteiger partial charge in [-0.2, -0.15) is 11.8 Å².